The Morgan fingerprint density at radius 1 is 1.25 bits per heavy atom. The molecule has 1 aliphatic rings. The van der Waals surface area contributed by atoms with Crippen molar-refractivity contribution in [3.63, 3.8) is 0 Å². The Bertz CT molecular complexity index is 369. The van der Waals surface area contributed by atoms with Gasteiger partial charge in [0.1, 0.15) is 11.6 Å². The number of halogens is 2. The summed E-state index contributed by atoms with van der Waals surface area (Å²) in [5.41, 5.74) is 4.91. The van der Waals surface area contributed by atoms with Crippen LogP contribution in [0.15, 0.2) is 12.4 Å². The zero-order chi connectivity index (χ0) is 11.8. The first-order valence-electron chi connectivity index (χ1n) is 5.29. The number of aliphatic hydroxyl groups excluding tert-OH is 1. The summed E-state index contributed by atoms with van der Waals surface area (Å²) in [5.74, 6) is -1.42. The summed E-state index contributed by atoms with van der Waals surface area (Å²) >= 11 is 0. The molecule has 0 aromatic carbocycles. The van der Waals surface area contributed by atoms with Crippen LogP contribution < -0.4 is 5.73 Å². The molecule has 16 heavy (non-hydrogen) atoms. The van der Waals surface area contributed by atoms with Gasteiger partial charge in [0, 0.05) is 11.1 Å². The van der Waals surface area contributed by atoms with E-state index in [9.17, 15) is 13.9 Å². The predicted molar refractivity (Wildman–Crippen MR) is 54.5 cm³/mol. The third kappa shape index (κ3) is 1.92. The van der Waals surface area contributed by atoms with Crippen LogP contribution in [0.25, 0.3) is 0 Å². The summed E-state index contributed by atoms with van der Waals surface area (Å²) in [6.45, 7) is 0. The molecule has 1 saturated carbocycles. The smallest absolute Gasteiger partial charge is 0.149 e. The SMILES string of the molecule is NC1(c2c(F)cncc2F)CCC(O)CC1. The predicted octanol–water partition coefficient (Wildman–Crippen LogP) is 1.45. The number of nitrogens with two attached hydrogens (primary N) is 1. The Morgan fingerprint density at radius 3 is 2.25 bits per heavy atom. The van der Waals surface area contributed by atoms with Crippen molar-refractivity contribution in [2.24, 2.45) is 5.73 Å². The lowest BCUT2D eigenvalue weighted by molar-refractivity contribution is 0.0943. The van der Waals surface area contributed by atoms with Crippen LogP contribution in [0.3, 0.4) is 0 Å². The van der Waals surface area contributed by atoms with E-state index in [1.165, 1.54) is 0 Å². The summed E-state index contributed by atoms with van der Waals surface area (Å²) in [6.07, 6.45) is 3.23. The number of aromatic nitrogens is 1. The van der Waals surface area contributed by atoms with Crippen molar-refractivity contribution in [2.75, 3.05) is 0 Å². The zero-order valence-corrected chi connectivity index (χ0v) is 8.79. The van der Waals surface area contributed by atoms with E-state index >= 15 is 0 Å². The molecule has 5 heteroatoms. The summed E-state index contributed by atoms with van der Waals surface area (Å²) in [4.78, 5) is 3.43. The quantitative estimate of drug-likeness (QED) is 0.764. The Labute approximate surface area is 92.3 Å². The average molecular weight is 228 g/mol. The fraction of sp³-hybridized carbons (Fsp3) is 0.545. The van der Waals surface area contributed by atoms with E-state index in [0.717, 1.165) is 12.4 Å². The molecule has 1 aliphatic carbocycles. The van der Waals surface area contributed by atoms with Crippen molar-refractivity contribution in [3.05, 3.63) is 29.6 Å². The van der Waals surface area contributed by atoms with Gasteiger partial charge in [-0.2, -0.15) is 0 Å². The molecule has 0 saturated heterocycles. The van der Waals surface area contributed by atoms with E-state index in [1.807, 2.05) is 0 Å². The Morgan fingerprint density at radius 2 is 1.75 bits per heavy atom. The van der Waals surface area contributed by atoms with Crippen molar-refractivity contribution >= 4 is 0 Å². The monoisotopic (exact) mass is 228 g/mol. The molecule has 1 aromatic heterocycles. The summed E-state index contributed by atoms with van der Waals surface area (Å²) < 4.78 is 27.1. The Hall–Kier alpha value is -1.07. The molecule has 0 aliphatic heterocycles. The van der Waals surface area contributed by atoms with Gasteiger partial charge in [0.25, 0.3) is 0 Å². The van der Waals surface area contributed by atoms with Gasteiger partial charge in [0.15, 0.2) is 0 Å². The molecule has 2 rings (SSSR count). The van der Waals surface area contributed by atoms with E-state index in [4.69, 9.17) is 5.73 Å². The summed E-state index contributed by atoms with van der Waals surface area (Å²) in [7, 11) is 0. The molecule has 0 atom stereocenters. The van der Waals surface area contributed by atoms with E-state index in [1.54, 1.807) is 0 Å². The van der Waals surface area contributed by atoms with Gasteiger partial charge in [0.05, 0.1) is 18.5 Å². The molecule has 0 unspecified atom stereocenters. The number of hydrogen-bond donors (Lipinski definition) is 2. The molecule has 0 radical (unpaired) electrons. The average Bonchev–Trinajstić information content (AvgIpc) is 2.23. The van der Waals surface area contributed by atoms with E-state index in [-0.39, 0.29) is 5.56 Å². The zero-order valence-electron chi connectivity index (χ0n) is 8.79. The third-order valence-corrected chi connectivity index (χ3v) is 3.20. The lowest BCUT2D eigenvalue weighted by atomic mass is 9.76. The van der Waals surface area contributed by atoms with Crippen LogP contribution in [0.5, 0.6) is 0 Å². The molecule has 88 valence electrons. The van der Waals surface area contributed by atoms with Crippen LogP contribution in [0.4, 0.5) is 8.78 Å². The molecule has 0 amide bonds. The summed E-state index contributed by atoms with van der Waals surface area (Å²) in [5, 5.41) is 9.37. The van der Waals surface area contributed by atoms with Crippen molar-refractivity contribution in [1.29, 1.82) is 0 Å². The van der Waals surface area contributed by atoms with Gasteiger partial charge >= 0.3 is 0 Å². The minimum Gasteiger partial charge on any atom is -0.393 e. The first-order valence-corrected chi connectivity index (χ1v) is 5.29. The third-order valence-electron chi connectivity index (χ3n) is 3.20. The highest BCUT2D eigenvalue weighted by molar-refractivity contribution is 5.25. The van der Waals surface area contributed by atoms with Gasteiger partial charge in [0.2, 0.25) is 0 Å². The molecule has 3 nitrogen and oxygen atoms in total. The number of hydrogen-bond acceptors (Lipinski definition) is 3. The maximum atomic E-state index is 13.5. The van der Waals surface area contributed by atoms with Crippen LogP contribution in [-0.2, 0) is 5.54 Å². The van der Waals surface area contributed by atoms with Gasteiger partial charge in [-0.1, -0.05) is 0 Å². The molecule has 0 spiro atoms. The fourth-order valence-electron chi connectivity index (χ4n) is 2.25. The minimum atomic E-state index is -1.02. The topological polar surface area (TPSA) is 59.1 Å². The van der Waals surface area contributed by atoms with Crippen LogP contribution in [0, 0.1) is 11.6 Å². The molecular weight excluding hydrogens is 214 g/mol. The molecular formula is C11H14F2N2O. The van der Waals surface area contributed by atoms with E-state index in [2.05, 4.69) is 4.98 Å². The van der Waals surface area contributed by atoms with Gasteiger partial charge in [-0.15, -0.1) is 0 Å². The second-order valence-electron chi connectivity index (χ2n) is 4.37. The van der Waals surface area contributed by atoms with Crippen molar-refractivity contribution in [3.8, 4) is 0 Å². The molecule has 1 fully saturated rings. The number of rotatable bonds is 1. The fourth-order valence-corrected chi connectivity index (χ4v) is 2.25. The molecule has 1 aromatic rings. The molecule has 0 bridgehead atoms. The van der Waals surface area contributed by atoms with Crippen LogP contribution >= 0.6 is 0 Å². The maximum Gasteiger partial charge on any atom is 0.149 e. The lowest BCUT2D eigenvalue weighted by Crippen LogP contribution is -2.43. The highest BCUT2D eigenvalue weighted by Gasteiger charge is 2.37. The van der Waals surface area contributed by atoms with Gasteiger partial charge in [-0.3, -0.25) is 4.98 Å². The second kappa shape index (κ2) is 4.07. The second-order valence-corrected chi connectivity index (χ2v) is 4.37. The van der Waals surface area contributed by atoms with Crippen molar-refractivity contribution < 1.29 is 13.9 Å². The number of pyridine rings is 1. The van der Waals surface area contributed by atoms with Crippen molar-refractivity contribution in [1.82, 2.24) is 4.98 Å². The Balaban J connectivity index is 2.36. The minimum absolute atomic E-state index is 0.102. The Kier molecular flexibility index (Phi) is 2.90. The normalized spacial score (nSPS) is 30.4. The molecule has 1 heterocycles. The maximum absolute atomic E-state index is 13.5. The first-order chi connectivity index (χ1) is 7.53. The number of aliphatic hydroxyl groups is 1. The summed E-state index contributed by atoms with van der Waals surface area (Å²) in [6, 6.07) is 0. The highest BCUT2D eigenvalue weighted by Crippen LogP contribution is 2.37. The van der Waals surface area contributed by atoms with Gasteiger partial charge in [-0.05, 0) is 25.7 Å². The van der Waals surface area contributed by atoms with Crippen LogP contribution in [-0.4, -0.2) is 16.2 Å². The largest absolute Gasteiger partial charge is 0.393 e. The van der Waals surface area contributed by atoms with E-state index in [0.29, 0.717) is 25.7 Å². The number of nitrogens with zero attached hydrogens (tertiary/aromatic N) is 1. The first kappa shape index (κ1) is 11.4. The molecule has 3 N–H and O–H groups in total. The van der Waals surface area contributed by atoms with Gasteiger partial charge < -0.3 is 10.8 Å². The van der Waals surface area contributed by atoms with Crippen molar-refractivity contribution in [2.45, 2.75) is 37.3 Å². The van der Waals surface area contributed by atoms with Crippen LogP contribution in [0.1, 0.15) is 31.2 Å². The standard InChI is InChI=1S/C11H14F2N2O/c12-8-5-15-6-9(13)10(8)11(14)3-1-7(16)2-4-11/h5-7,16H,1-4,14H2. The van der Waals surface area contributed by atoms with Crippen LogP contribution in [0.2, 0.25) is 0 Å². The van der Waals surface area contributed by atoms with E-state index < -0.39 is 23.3 Å². The lowest BCUT2D eigenvalue weighted by Gasteiger charge is -2.36. The van der Waals surface area contributed by atoms with Gasteiger partial charge in [-0.25, -0.2) is 8.78 Å². The highest BCUT2D eigenvalue weighted by atomic mass is 19.1.